The maximum Gasteiger partial charge on any atom is 0.226 e. The summed E-state index contributed by atoms with van der Waals surface area (Å²) in [6.07, 6.45) is 7.09. The number of carbonyl (C=O) groups excluding carboxylic acids is 1. The van der Waals surface area contributed by atoms with Crippen LogP contribution in [0.25, 0.3) is 0 Å². The monoisotopic (exact) mass is 320 g/mol. The lowest BCUT2D eigenvalue weighted by molar-refractivity contribution is -0.135. The van der Waals surface area contributed by atoms with Crippen molar-refractivity contribution in [2.24, 2.45) is 5.92 Å². The van der Waals surface area contributed by atoms with Crippen LogP contribution in [0.1, 0.15) is 37.2 Å². The lowest BCUT2D eigenvalue weighted by Gasteiger charge is -2.28. The second-order valence-corrected chi connectivity index (χ2v) is 9.00. The summed E-state index contributed by atoms with van der Waals surface area (Å²) >= 11 is 0. The molecular formula is C16H20N2O3S. The van der Waals surface area contributed by atoms with Crippen molar-refractivity contribution < 1.29 is 13.2 Å². The second-order valence-electron chi connectivity index (χ2n) is 6.77. The van der Waals surface area contributed by atoms with Crippen LogP contribution in [0.4, 0.5) is 0 Å². The highest BCUT2D eigenvalue weighted by atomic mass is 32.2. The SMILES string of the molecule is O=C([C@@H]1C[C@H]1c1cccnc1)N(C1CC1)[C@H]1CCS(=O)(=O)C1. The third-order valence-corrected chi connectivity index (χ3v) is 6.77. The van der Waals surface area contributed by atoms with Crippen LogP contribution in [0, 0.1) is 5.92 Å². The molecule has 118 valence electrons. The van der Waals surface area contributed by atoms with E-state index >= 15 is 0 Å². The quantitative estimate of drug-likeness (QED) is 0.840. The summed E-state index contributed by atoms with van der Waals surface area (Å²) in [5.41, 5.74) is 1.12. The zero-order chi connectivity index (χ0) is 15.3. The molecule has 0 unspecified atom stereocenters. The van der Waals surface area contributed by atoms with E-state index in [2.05, 4.69) is 4.98 Å². The molecule has 4 rings (SSSR count). The van der Waals surface area contributed by atoms with Crippen molar-refractivity contribution in [3.63, 3.8) is 0 Å². The van der Waals surface area contributed by atoms with Gasteiger partial charge in [-0.15, -0.1) is 0 Å². The van der Waals surface area contributed by atoms with Gasteiger partial charge in [0.15, 0.2) is 9.84 Å². The second kappa shape index (κ2) is 5.05. The molecule has 22 heavy (non-hydrogen) atoms. The normalized spacial score (nSPS) is 32.6. The molecule has 2 saturated carbocycles. The zero-order valence-electron chi connectivity index (χ0n) is 12.4. The smallest absolute Gasteiger partial charge is 0.226 e. The van der Waals surface area contributed by atoms with E-state index in [1.807, 2.05) is 23.2 Å². The van der Waals surface area contributed by atoms with Crippen LogP contribution < -0.4 is 0 Å². The summed E-state index contributed by atoms with van der Waals surface area (Å²) in [5.74, 6) is 0.830. The van der Waals surface area contributed by atoms with E-state index in [-0.39, 0.29) is 41.3 Å². The van der Waals surface area contributed by atoms with Crippen LogP contribution in [0.5, 0.6) is 0 Å². The average Bonchev–Trinajstić information content (AvgIpc) is 3.39. The molecule has 1 aliphatic heterocycles. The molecule has 0 radical (unpaired) electrons. The number of hydrogen-bond donors (Lipinski definition) is 0. The predicted octanol–water partition coefficient (Wildman–Crippen LogP) is 1.36. The molecule has 1 saturated heterocycles. The zero-order valence-corrected chi connectivity index (χ0v) is 13.2. The lowest BCUT2D eigenvalue weighted by atomic mass is 10.1. The number of sulfone groups is 1. The van der Waals surface area contributed by atoms with Gasteiger partial charge in [-0.3, -0.25) is 9.78 Å². The van der Waals surface area contributed by atoms with Crippen LogP contribution in [0.2, 0.25) is 0 Å². The molecule has 5 nitrogen and oxygen atoms in total. The van der Waals surface area contributed by atoms with Gasteiger partial charge in [0.2, 0.25) is 5.91 Å². The van der Waals surface area contributed by atoms with Crippen LogP contribution in [-0.2, 0) is 14.6 Å². The Kier molecular flexibility index (Phi) is 3.25. The highest BCUT2D eigenvalue weighted by Crippen LogP contribution is 2.50. The van der Waals surface area contributed by atoms with Gasteiger partial charge in [0, 0.05) is 30.4 Å². The fourth-order valence-corrected chi connectivity index (χ4v) is 5.34. The molecular weight excluding hydrogens is 300 g/mol. The summed E-state index contributed by atoms with van der Waals surface area (Å²) in [6.45, 7) is 0. The first kappa shape index (κ1) is 14.2. The fourth-order valence-electron chi connectivity index (χ4n) is 3.63. The predicted molar refractivity (Wildman–Crippen MR) is 82.0 cm³/mol. The molecule has 3 fully saturated rings. The van der Waals surface area contributed by atoms with E-state index in [1.165, 1.54) is 0 Å². The summed E-state index contributed by atoms with van der Waals surface area (Å²) in [6, 6.07) is 4.10. The number of aromatic nitrogens is 1. The van der Waals surface area contributed by atoms with Crippen molar-refractivity contribution in [2.75, 3.05) is 11.5 Å². The third-order valence-electron chi connectivity index (χ3n) is 5.02. The van der Waals surface area contributed by atoms with Gasteiger partial charge >= 0.3 is 0 Å². The van der Waals surface area contributed by atoms with E-state index < -0.39 is 9.84 Å². The van der Waals surface area contributed by atoms with Gasteiger partial charge in [-0.1, -0.05) is 6.07 Å². The first-order valence-corrected chi connectivity index (χ1v) is 9.80. The van der Waals surface area contributed by atoms with E-state index in [0.717, 1.165) is 24.8 Å². The average molecular weight is 320 g/mol. The molecule has 1 aromatic rings. The van der Waals surface area contributed by atoms with Crippen molar-refractivity contribution in [2.45, 2.75) is 43.7 Å². The molecule has 0 spiro atoms. The molecule has 2 aliphatic carbocycles. The Labute approximate surface area is 130 Å². The van der Waals surface area contributed by atoms with E-state index in [9.17, 15) is 13.2 Å². The van der Waals surface area contributed by atoms with E-state index in [0.29, 0.717) is 6.42 Å². The Balaban J connectivity index is 1.49. The Bertz CT molecular complexity index is 685. The summed E-state index contributed by atoms with van der Waals surface area (Å²) in [5, 5.41) is 0. The van der Waals surface area contributed by atoms with Crippen LogP contribution >= 0.6 is 0 Å². The van der Waals surface area contributed by atoms with Crippen molar-refractivity contribution in [1.82, 2.24) is 9.88 Å². The Morgan fingerprint density at radius 2 is 2.05 bits per heavy atom. The molecule has 0 N–H and O–H groups in total. The number of carbonyl (C=O) groups is 1. The third kappa shape index (κ3) is 2.64. The maximum atomic E-state index is 12.9. The van der Waals surface area contributed by atoms with Gasteiger partial charge in [0.1, 0.15) is 0 Å². The Morgan fingerprint density at radius 1 is 1.23 bits per heavy atom. The topological polar surface area (TPSA) is 67.3 Å². The number of pyridine rings is 1. The highest BCUT2D eigenvalue weighted by Gasteiger charge is 2.51. The number of nitrogens with zero attached hydrogens (tertiary/aromatic N) is 2. The first-order chi connectivity index (χ1) is 10.6. The van der Waals surface area contributed by atoms with Gasteiger partial charge in [-0.2, -0.15) is 0 Å². The van der Waals surface area contributed by atoms with Gasteiger partial charge in [-0.05, 0) is 43.2 Å². The minimum Gasteiger partial charge on any atom is -0.335 e. The first-order valence-electron chi connectivity index (χ1n) is 7.98. The molecule has 0 aromatic carbocycles. The standard InChI is InChI=1S/C16H20N2O3S/c19-16(15-8-14(15)11-2-1-6-17-9-11)18(12-3-4-12)13-5-7-22(20,21)10-13/h1-2,6,9,12-15H,3-5,7-8,10H2/t13-,14-,15+/m0/s1. The molecule has 6 heteroatoms. The molecule has 2 heterocycles. The lowest BCUT2D eigenvalue weighted by Crippen LogP contribution is -2.43. The molecule has 1 amide bonds. The van der Waals surface area contributed by atoms with Gasteiger partial charge in [0.05, 0.1) is 11.5 Å². The van der Waals surface area contributed by atoms with Crippen LogP contribution in [0.15, 0.2) is 24.5 Å². The van der Waals surface area contributed by atoms with E-state index in [1.54, 1.807) is 6.20 Å². The number of hydrogen-bond acceptors (Lipinski definition) is 4. The van der Waals surface area contributed by atoms with Gasteiger partial charge < -0.3 is 4.90 Å². The van der Waals surface area contributed by atoms with Crippen molar-refractivity contribution in [3.8, 4) is 0 Å². The summed E-state index contributed by atoms with van der Waals surface area (Å²) < 4.78 is 23.5. The molecule has 3 aliphatic rings. The van der Waals surface area contributed by atoms with Crippen LogP contribution in [0.3, 0.4) is 0 Å². The minimum atomic E-state index is -2.95. The number of rotatable bonds is 4. The van der Waals surface area contributed by atoms with Crippen molar-refractivity contribution in [1.29, 1.82) is 0 Å². The minimum absolute atomic E-state index is 0.0214. The molecule has 3 atom stereocenters. The highest BCUT2D eigenvalue weighted by molar-refractivity contribution is 7.91. The summed E-state index contributed by atoms with van der Waals surface area (Å²) in [7, 11) is -2.95. The maximum absolute atomic E-state index is 12.9. The van der Waals surface area contributed by atoms with E-state index in [4.69, 9.17) is 0 Å². The Morgan fingerprint density at radius 3 is 2.64 bits per heavy atom. The molecule has 0 bridgehead atoms. The largest absolute Gasteiger partial charge is 0.335 e. The van der Waals surface area contributed by atoms with Gasteiger partial charge in [-0.25, -0.2) is 8.42 Å². The summed E-state index contributed by atoms with van der Waals surface area (Å²) in [4.78, 5) is 18.9. The fraction of sp³-hybridized carbons (Fsp3) is 0.625. The van der Waals surface area contributed by atoms with Crippen LogP contribution in [-0.4, -0.2) is 47.8 Å². The number of amides is 1. The molecule has 1 aromatic heterocycles. The van der Waals surface area contributed by atoms with Gasteiger partial charge in [0.25, 0.3) is 0 Å². The Hall–Kier alpha value is -1.43. The van der Waals surface area contributed by atoms with Crippen molar-refractivity contribution in [3.05, 3.63) is 30.1 Å². The van der Waals surface area contributed by atoms with Crippen molar-refractivity contribution >= 4 is 15.7 Å².